The highest BCUT2D eigenvalue weighted by atomic mass is 16.6. The Morgan fingerprint density at radius 1 is 1.18 bits per heavy atom. The second-order valence-electron chi connectivity index (χ2n) is 12.5. The van der Waals surface area contributed by atoms with E-state index in [1.807, 2.05) is 45.2 Å². The highest BCUT2D eigenvalue weighted by molar-refractivity contribution is 5.95. The first kappa shape index (κ1) is 31.3. The summed E-state index contributed by atoms with van der Waals surface area (Å²) in [4.78, 5) is 34.1. The molecular weight excluding hydrogens is 556 g/mol. The number of amides is 2. The predicted molar refractivity (Wildman–Crippen MR) is 171 cm³/mol. The lowest BCUT2D eigenvalue weighted by Gasteiger charge is -2.31. The highest BCUT2D eigenvalue weighted by Gasteiger charge is 2.37. The summed E-state index contributed by atoms with van der Waals surface area (Å²) < 4.78 is 11.5. The van der Waals surface area contributed by atoms with Crippen LogP contribution in [0, 0.1) is 19.8 Å². The molecule has 10 nitrogen and oxygen atoms in total. The summed E-state index contributed by atoms with van der Waals surface area (Å²) in [5.41, 5.74) is 13.7. The number of cyclic esters (lactones) is 1. The molecule has 1 saturated heterocycles. The van der Waals surface area contributed by atoms with Crippen molar-refractivity contribution in [1.82, 2.24) is 14.8 Å². The number of anilines is 2. The Balaban J connectivity index is 1.55. The molecule has 44 heavy (non-hydrogen) atoms. The number of ether oxygens (including phenoxy) is 2. The number of benzene rings is 2. The molecule has 0 radical (unpaired) electrons. The maximum absolute atomic E-state index is 13.8. The van der Waals surface area contributed by atoms with E-state index in [9.17, 15) is 9.59 Å². The largest absolute Gasteiger partial charge is 0.486 e. The fourth-order valence-corrected chi connectivity index (χ4v) is 6.41. The summed E-state index contributed by atoms with van der Waals surface area (Å²) in [6.45, 7) is 15.3. The van der Waals surface area contributed by atoms with Crippen molar-refractivity contribution in [2.75, 3.05) is 37.0 Å². The van der Waals surface area contributed by atoms with Crippen LogP contribution in [0.1, 0.15) is 67.0 Å². The number of pyridine rings is 1. The third-order valence-corrected chi connectivity index (χ3v) is 8.80. The average Bonchev–Trinajstić information content (AvgIpc) is 3.36. The lowest BCUT2D eigenvalue weighted by molar-refractivity contribution is -0.131. The van der Waals surface area contributed by atoms with Crippen LogP contribution in [0.5, 0.6) is 5.75 Å². The van der Waals surface area contributed by atoms with E-state index in [-0.39, 0.29) is 25.0 Å². The molecule has 2 aliphatic heterocycles. The maximum Gasteiger partial charge on any atom is 0.416 e. The van der Waals surface area contributed by atoms with Gasteiger partial charge in [-0.3, -0.25) is 14.7 Å². The maximum atomic E-state index is 13.8. The Kier molecular flexibility index (Phi) is 8.85. The van der Waals surface area contributed by atoms with Crippen LogP contribution in [0.25, 0.3) is 0 Å². The van der Waals surface area contributed by atoms with Crippen molar-refractivity contribution in [1.29, 1.82) is 0 Å². The lowest BCUT2D eigenvalue weighted by Crippen LogP contribution is -2.40. The van der Waals surface area contributed by atoms with Crippen molar-refractivity contribution in [2.45, 2.75) is 66.2 Å². The van der Waals surface area contributed by atoms with E-state index in [0.717, 1.165) is 51.4 Å². The van der Waals surface area contributed by atoms with Crippen LogP contribution in [0.3, 0.4) is 0 Å². The first-order chi connectivity index (χ1) is 20.9. The molecule has 0 saturated carbocycles. The Bertz CT molecular complexity index is 1560. The monoisotopic (exact) mass is 600 g/mol. The van der Waals surface area contributed by atoms with Gasteiger partial charge in [0.15, 0.2) is 0 Å². The van der Waals surface area contributed by atoms with E-state index in [1.54, 1.807) is 11.2 Å². The van der Waals surface area contributed by atoms with E-state index >= 15 is 0 Å². The summed E-state index contributed by atoms with van der Waals surface area (Å²) in [5.74, 6) is 5.87. The first-order valence-electron chi connectivity index (χ1n) is 15.2. The number of hydrazine groups is 1. The molecule has 3 heterocycles. The number of hydrogen-bond donors (Lipinski definition) is 2. The highest BCUT2D eigenvalue weighted by Crippen LogP contribution is 2.40. The van der Waals surface area contributed by atoms with Gasteiger partial charge < -0.3 is 20.2 Å². The Morgan fingerprint density at radius 2 is 1.95 bits per heavy atom. The molecule has 2 aliphatic rings. The SMILES string of the molecule is CCN(N)c1ccc(C(c2ccc(C)c(CN3Cc4cnccc4OC(C)(C)C3)c2)C(C)C(=O)N2CCOC2=O)c(C)c1N. The number of aromatic nitrogens is 1. The van der Waals surface area contributed by atoms with Crippen LogP contribution in [-0.2, 0) is 22.6 Å². The molecule has 0 bridgehead atoms. The van der Waals surface area contributed by atoms with Crippen molar-refractivity contribution in [3.63, 3.8) is 0 Å². The van der Waals surface area contributed by atoms with Gasteiger partial charge in [-0.05, 0) is 74.6 Å². The molecule has 2 atom stereocenters. The molecule has 10 heteroatoms. The third-order valence-electron chi connectivity index (χ3n) is 8.80. The standard InChI is InChI=1S/C34H44N6O4/c1-7-40(36)28-11-10-27(22(3)31(28)35)30(23(4)32(41)39-14-15-43-33(39)42)24-9-8-21(2)25(16-24)18-38-19-26-17-37-13-12-29(26)44-34(5,6)20-38/h8-13,16-17,23,30H,7,14-15,18-20,35-36H2,1-6H3. The van der Waals surface area contributed by atoms with Crippen molar-refractivity contribution in [2.24, 2.45) is 11.8 Å². The van der Waals surface area contributed by atoms with E-state index in [2.05, 4.69) is 48.9 Å². The van der Waals surface area contributed by atoms with E-state index < -0.39 is 17.6 Å². The molecule has 2 amide bonds. The summed E-state index contributed by atoms with van der Waals surface area (Å²) in [7, 11) is 0. The number of carbonyl (C=O) groups is 2. The molecule has 2 unspecified atom stereocenters. The molecule has 5 rings (SSSR count). The first-order valence-corrected chi connectivity index (χ1v) is 15.2. The molecule has 234 valence electrons. The minimum Gasteiger partial charge on any atom is -0.486 e. The summed E-state index contributed by atoms with van der Waals surface area (Å²) in [6, 6.07) is 12.2. The number of aryl methyl sites for hydroxylation is 1. The number of rotatable bonds is 8. The second kappa shape index (κ2) is 12.5. The Morgan fingerprint density at radius 3 is 2.66 bits per heavy atom. The number of hydrogen-bond acceptors (Lipinski definition) is 9. The van der Waals surface area contributed by atoms with Crippen molar-refractivity contribution >= 4 is 23.4 Å². The number of carbonyl (C=O) groups excluding carboxylic acids is 2. The van der Waals surface area contributed by atoms with E-state index in [0.29, 0.717) is 25.3 Å². The number of nitrogen functional groups attached to an aromatic ring is 1. The third kappa shape index (κ3) is 6.23. The molecule has 1 aromatic heterocycles. The molecule has 2 aromatic carbocycles. The van der Waals surface area contributed by atoms with Gasteiger partial charge in [-0.25, -0.2) is 15.5 Å². The zero-order valence-corrected chi connectivity index (χ0v) is 26.6. The zero-order chi connectivity index (χ0) is 31.8. The van der Waals surface area contributed by atoms with Crippen molar-refractivity contribution in [3.05, 3.63) is 82.2 Å². The van der Waals surface area contributed by atoms with E-state index in [4.69, 9.17) is 21.1 Å². The van der Waals surface area contributed by atoms with Crippen molar-refractivity contribution in [3.8, 4) is 5.75 Å². The normalized spacial score (nSPS) is 17.7. The van der Waals surface area contributed by atoms with Gasteiger partial charge in [0.05, 0.1) is 17.9 Å². The molecule has 1 fully saturated rings. The van der Waals surface area contributed by atoms with Crippen LogP contribution in [-0.4, -0.2) is 58.6 Å². The van der Waals surface area contributed by atoms with Gasteiger partial charge in [-0.1, -0.05) is 31.2 Å². The van der Waals surface area contributed by atoms with Crippen LogP contribution < -0.4 is 21.3 Å². The molecular formula is C34H44N6O4. The smallest absolute Gasteiger partial charge is 0.416 e. The van der Waals surface area contributed by atoms with Crippen LogP contribution in [0.2, 0.25) is 0 Å². The number of imide groups is 1. The van der Waals surface area contributed by atoms with Crippen LogP contribution >= 0.6 is 0 Å². The minimum absolute atomic E-state index is 0.204. The van der Waals surface area contributed by atoms with Gasteiger partial charge in [-0.15, -0.1) is 0 Å². The summed E-state index contributed by atoms with van der Waals surface area (Å²) in [5, 5.41) is 1.61. The zero-order valence-electron chi connectivity index (χ0n) is 26.6. The molecule has 0 aliphatic carbocycles. The number of nitrogens with zero attached hydrogens (tertiary/aromatic N) is 4. The Labute approximate surface area is 259 Å². The second-order valence-corrected chi connectivity index (χ2v) is 12.5. The van der Waals surface area contributed by atoms with Crippen molar-refractivity contribution < 1.29 is 19.1 Å². The van der Waals surface area contributed by atoms with Gasteiger partial charge in [-0.2, -0.15) is 0 Å². The predicted octanol–water partition coefficient (Wildman–Crippen LogP) is 4.90. The average molecular weight is 601 g/mol. The minimum atomic E-state index is -0.598. The van der Waals surface area contributed by atoms with Gasteiger partial charge in [0.2, 0.25) is 5.91 Å². The molecule has 4 N–H and O–H groups in total. The van der Waals surface area contributed by atoms with Crippen LogP contribution in [0.4, 0.5) is 16.2 Å². The van der Waals surface area contributed by atoms with E-state index in [1.165, 1.54) is 4.90 Å². The lowest BCUT2D eigenvalue weighted by atomic mass is 9.78. The van der Waals surface area contributed by atoms with Gasteiger partial charge in [0.1, 0.15) is 18.0 Å². The topological polar surface area (TPSA) is 127 Å². The summed E-state index contributed by atoms with van der Waals surface area (Å²) in [6.07, 6.45) is 3.04. The van der Waals surface area contributed by atoms with Gasteiger partial charge >= 0.3 is 6.09 Å². The summed E-state index contributed by atoms with van der Waals surface area (Å²) >= 11 is 0. The fourth-order valence-electron chi connectivity index (χ4n) is 6.41. The molecule has 3 aromatic rings. The van der Waals surface area contributed by atoms with Gasteiger partial charge in [0, 0.05) is 56.0 Å². The fraction of sp³-hybridized carbons (Fsp3) is 0.441. The number of nitrogens with two attached hydrogens (primary N) is 2. The van der Waals surface area contributed by atoms with Crippen LogP contribution in [0.15, 0.2) is 48.8 Å². The molecule has 0 spiro atoms. The quantitative estimate of drug-likeness (QED) is 0.211. The Hall–Kier alpha value is -4.15. The van der Waals surface area contributed by atoms with Gasteiger partial charge in [0.25, 0.3) is 0 Å². The number of fused-ring (bicyclic) bond motifs is 1.